The van der Waals surface area contributed by atoms with E-state index in [1.54, 1.807) is 18.3 Å². The lowest BCUT2D eigenvalue weighted by Crippen LogP contribution is -2.28. The highest BCUT2D eigenvalue weighted by molar-refractivity contribution is 7.99. The molecule has 1 aromatic heterocycles. The zero-order valence-electron chi connectivity index (χ0n) is 11.6. The lowest BCUT2D eigenvalue weighted by atomic mass is 10.1. The summed E-state index contributed by atoms with van der Waals surface area (Å²) in [4.78, 5) is 16.1. The van der Waals surface area contributed by atoms with E-state index >= 15 is 0 Å². The molecule has 2 rings (SSSR count). The summed E-state index contributed by atoms with van der Waals surface area (Å²) in [6.07, 6.45) is 3.55. The number of nitrogens with one attached hydrogen (secondary N) is 1. The molecule has 0 radical (unpaired) electrons. The maximum atomic E-state index is 12.0. The van der Waals surface area contributed by atoms with Gasteiger partial charge in [-0.1, -0.05) is 41.0 Å². The molecule has 1 N–H and O–H groups in total. The van der Waals surface area contributed by atoms with E-state index < -0.39 is 0 Å². The van der Waals surface area contributed by atoms with Gasteiger partial charge in [-0.2, -0.15) is 0 Å². The molecule has 1 unspecified atom stereocenters. The Bertz CT molecular complexity index is 645. The number of rotatable bonds is 5. The Hall–Kier alpha value is -1.17. The number of amides is 1. The van der Waals surface area contributed by atoms with Crippen molar-refractivity contribution in [3.05, 3.63) is 46.2 Å². The monoisotopic (exact) mass is 343 g/mol. The predicted octanol–water partition coefficient (Wildman–Crippen LogP) is 3.70. The van der Waals surface area contributed by atoms with Gasteiger partial charge in [0.05, 0.1) is 21.8 Å². The number of aryl methyl sites for hydroxylation is 1. The molecule has 0 spiro atoms. The quantitative estimate of drug-likeness (QED) is 0.842. The van der Waals surface area contributed by atoms with Crippen molar-refractivity contribution in [3.63, 3.8) is 0 Å². The van der Waals surface area contributed by atoms with Crippen LogP contribution >= 0.6 is 35.0 Å². The highest BCUT2D eigenvalue weighted by Crippen LogP contribution is 2.25. The topological polar surface area (TPSA) is 46.9 Å². The Morgan fingerprint density at radius 2 is 2.19 bits per heavy atom. The molecule has 0 fully saturated rings. The minimum Gasteiger partial charge on any atom is -0.349 e. The van der Waals surface area contributed by atoms with Gasteiger partial charge < -0.3 is 9.88 Å². The fourth-order valence-electron chi connectivity index (χ4n) is 1.77. The van der Waals surface area contributed by atoms with Gasteiger partial charge in [-0.25, -0.2) is 4.98 Å². The van der Waals surface area contributed by atoms with Crippen molar-refractivity contribution >= 4 is 40.9 Å². The first-order valence-corrected chi connectivity index (χ1v) is 8.06. The smallest absolute Gasteiger partial charge is 0.230 e. The maximum absolute atomic E-state index is 12.0. The number of hydrogen-bond acceptors (Lipinski definition) is 3. The first-order valence-electron chi connectivity index (χ1n) is 6.32. The molecule has 0 aliphatic heterocycles. The molecule has 0 saturated heterocycles. The number of thioether (sulfide) groups is 1. The molecule has 0 aliphatic rings. The molecule has 7 heteroatoms. The minimum absolute atomic E-state index is 0.0541. The Morgan fingerprint density at radius 1 is 1.43 bits per heavy atom. The number of carbonyl (C=O) groups excluding carboxylic acids is 1. The van der Waals surface area contributed by atoms with Gasteiger partial charge in [-0.3, -0.25) is 4.79 Å². The third-order valence-electron chi connectivity index (χ3n) is 2.93. The van der Waals surface area contributed by atoms with Crippen LogP contribution in [0, 0.1) is 0 Å². The van der Waals surface area contributed by atoms with E-state index in [2.05, 4.69) is 10.3 Å². The van der Waals surface area contributed by atoms with Crippen molar-refractivity contribution in [2.75, 3.05) is 5.75 Å². The van der Waals surface area contributed by atoms with Crippen LogP contribution in [0.1, 0.15) is 18.5 Å². The number of benzene rings is 1. The standard InChI is InChI=1S/C14H15Cl2N3OS/c1-9(10-3-4-11(15)12(16)7-10)18-13(20)8-21-14-17-5-6-19(14)2/h3-7,9H,8H2,1-2H3,(H,18,20). The minimum atomic E-state index is -0.130. The zero-order valence-corrected chi connectivity index (χ0v) is 14.0. The van der Waals surface area contributed by atoms with E-state index in [1.165, 1.54) is 11.8 Å². The van der Waals surface area contributed by atoms with Crippen LogP contribution in [0.2, 0.25) is 10.0 Å². The molecule has 1 aromatic carbocycles. The summed E-state index contributed by atoms with van der Waals surface area (Å²) in [5.74, 6) is 0.262. The molecule has 1 heterocycles. The van der Waals surface area contributed by atoms with Gasteiger partial charge in [-0.15, -0.1) is 0 Å². The summed E-state index contributed by atoms with van der Waals surface area (Å²) in [6, 6.07) is 5.21. The van der Waals surface area contributed by atoms with Crippen LogP contribution < -0.4 is 5.32 Å². The van der Waals surface area contributed by atoms with Crippen LogP contribution in [-0.4, -0.2) is 21.2 Å². The van der Waals surface area contributed by atoms with Crippen LogP contribution in [0.5, 0.6) is 0 Å². The fourth-order valence-corrected chi connectivity index (χ4v) is 2.82. The average molecular weight is 344 g/mol. The van der Waals surface area contributed by atoms with Gasteiger partial charge in [0.25, 0.3) is 0 Å². The lowest BCUT2D eigenvalue weighted by Gasteiger charge is -2.14. The highest BCUT2D eigenvalue weighted by Gasteiger charge is 2.12. The molecule has 0 saturated carbocycles. The van der Waals surface area contributed by atoms with Gasteiger partial charge in [-0.05, 0) is 24.6 Å². The number of aromatic nitrogens is 2. The van der Waals surface area contributed by atoms with Crippen molar-refractivity contribution in [1.82, 2.24) is 14.9 Å². The Morgan fingerprint density at radius 3 is 2.81 bits per heavy atom. The predicted molar refractivity (Wildman–Crippen MR) is 87.0 cm³/mol. The van der Waals surface area contributed by atoms with E-state index in [-0.39, 0.29) is 11.9 Å². The van der Waals surface area contributed by atoms with E-state index in [1.807, 2.05) is 30.8 Å². The number of imidazole rings is 1. The SMILES string of the molecule is CC(NC(=O)CSc1nccn1C)c1ccc(Cl)c(Cl)c1. The molecule has 2 aromatic rings. The molecule has 1 atom stereocenters. The van der Waals surface area contributed by atoms with Crippen molar-refractivity contribution in [2.45, 2.75) is 18.1 Å². The number of carbonyl (C=O) groups is 1. The van der Waals surface area contributed by atoms with Gasteiger partial charge in [0, 0.05) is 19.4 Å². The summed E-state index contributed by atoms with van der Waals surface area (Å²) >= 11 is 13.3. The van der Waals surface area contributed by atoms with Crippen LogP contribution in [-0.2, 0) is 11.8 Å². The third kappa shape index (κ3) is 4.40. The Labute approximate surface area is 137 Å². The van der Waals surface area contributed by atoms with Crippen LogP contribution in [0.4, 0.5) is 0 Å². The van der Waals surface area contributed by atoms with E-state index in [0.29, 0.717) is 15.8 Å². The normalized spacial score (nSPS) is 12.2. The second kappa shape index (κ2) is 7.20. The molecule has 4 nitrogen and oxygen atoms in total. The van der Waals surface area contributed by atoms with Gasteiger partial charge >= 0.3 is 0 Å². The van der Waals surface area contributed by atoms with Crippen LogP contribution in [0.15, 0.2) is 35.7 Å². The summed E-state index contributed by atoms with van der Waals surface area (Å²) < 4.78 is 1.88. The number of hydrogen-bond donors (Lipinski definition) is 1. The van der Waals surface area contributed by atoms with Crippen molar-refractivity contribution in [2.24, 2.45) is 7.05 Å². The van der Waals surface area contributed by atoms with Crippen LogP contribution in [0.25, 0.3) is 0 Å². The Balaban J connectivity index is 1.89. The summed E-state index contributed by atoms with van der Waals surface area (Å²) in [6.45, 7) is 1.91. The third-order valence-corrected chi connectivity index (χ3v) is 4.73. The zero-order chi connectivity index (χ0) is 15.4. The number of halogens is 2. The molecular formula is C14H15Cl2N3OS. The molecule has 0 bridgehead atoms. The first kappa shape index (κ1) is 16.2. The van der Waals surface area contributed by atoms with Crippen molar-refractivity contribution < 1.29 is 4.79 Å². The Kier molecular flexibility index (Phi) is 5.56. The van der Waals surface area contributed by atoms with E-state index in [4.69, 9.17) is 23.2 Å². The maximum Gasteiger partial charge on any atom is 0.230 e. The molecule has 21 heavy (non-hydrogen) atoms. The molecule has 112 valence electrons. The first-order chi connectivity index (χ1) is 9.97. The molecule has 0 aliphatic carbocycles. The van der Waals surface area contributed by atoms with Crippen molar-refractivity contribution in [3.8, 4) is 0 Å². The van der Waals surface area contributed by atoms with E-state index in [0.717, 1.165) is 10.7 Å². The molecular weight excluding hydrogens is 329 g/mol. The van der Waals surface area contributed by atoms with Gasteiger partial charge in [0.2, 0.25) is 5.91 Å². The molecule has 1 amide bonds. The summed E-state index contributed by atoms with van der Waals surface area (Å²) in [5.41, 5.74) is 0.916. The fraction of sp³-hybridized carbons (Fsp3) is 0.286. The largest absolute Gasteiger partial charge is 0.349 e. The lowest BCUT2D eigenvalue weighted by molar-refractivity contribution is -0.119. The van der Waals surface area contributed by atoms with E-state index in [9.17, 15) is 4.79 Å². The van der Waals surface area contributed by atoms with Gasteiger partial charge in [0.1, 0.15) is 0 Å². The second-order valence-electron chi connectivity index (χ2n) is 4.57. The highest BCUT2D eigenvalue weighted by atomic mass is 35.5. The summed E-state index contributed by atoms with van der Waals surface area (Å²) in [7, 11) is 1.89. The second-order valence-corrected chi connectivity index (χ2v) is 6.33. The summed E-state index contributed by atoms with van der Waals surface area (Å²) in [5, 5.41) is 4.73. The van der Waals surface area contributed by atoms with Crippen LogP contribution in [0.3, 0.4) is 0 Å². The van der Waals surface area contributed by atoms with Crippen molar-refractivity contribution in [1.29, 1.82) is 0 Å². The van der Waals surface area contributed by atoms with Gasteiger partial charge in [0.15, 0.2) is 5.16 Å². The average Bonchev–Trinajstić information content (AvgIpc) is 2.85. The number of nitrogens with zero attached hydrogens (tertiary/aromatic N) is 2.